The van der Waals surface area contributed by atoms with E-state index in [0.717, 1.165) is 11.3 Å². The van der Waals surface area contributed by atoms with E-state index in [4.69, 9.17) is 11.6 Å². The Bertz CT molecular complexity index is 1090. The van der Waals surface area contributed by atoms with Crippen molar-refractivity contribution in [2.75, 3.05) is 5.32 Å². The molecule has 0 fully saturated rings. The average Bonchev–Trinajstić information content (AvgIpc) is 2.94. The van der Waals surface area contributed by atoms with Crippen LogP contribution in [0.15, 0.2) is 35.4 Å². The minimum atomic E-state index is -1.11. The first-order valence-corrected chi connectivity index (χ1v) is 8.79. The van der Waals surface area contributed by atoms with E-state index in [1.54, 1.807) is 38.1 Å². The van der Waals surface area contributed by atoms with Gasteiger partial charge in [-0.3, -0.25) is 14.2 Å². The number of thiophene rings is 1. The highest BCUT2D eigenvalue weighted by atomic mass is 35.5. The van der Waals surface area contributed by atoms with Crippen LogP contribution in [0.25, 0.3) is 10.2 Å². The van der Waals surface area contributed by atoms with E-state index in [1.807, 2.05) is 0 Å². The third-order valence-corrected chi connectivity index (χ3v) is 5.52. The molecule has 7 nitrogen and oxygen atoms in total. The Morgan fingerprint density at radius 1 is 1.35 bits per heavy atom. The van der Waals surface area contributed by atoms with Crippen LogP contribution >= 0.6 is 22.9 Å². The molecule has 0 aliphatic carbocycles. The van der Waals surface area contributed by atoms with E-state index in [2.05, 4.69) is 10.3 Å². The fourth-order valence-corrected chi connectivity index (χ4v) is 3.70. The molecule has 3 aromatic rings. The van der Waals surface area contributed by atoms with Gasteiger partial charge in [0.2, 0.25) is 5.91 Å². The first-order valence-electron chi connectivity index (χ1n) is 7.60. The monoisotopic (exact) mass is 391 g/mol. The van der Waals surface area contributed by atoms with Gasteiger partial charge in [-0.2, -0.15) is 0 Å². The molecule has 2 heterocycles. The molecule has 0 aliphatic heterocycles. The standard InChI is InChI=1S/C17H14ClN3O4S/c1-8-12-15(26-13(8)17(24)25)19-7-21(16(12)23)9(2)14(22)20-11-6-4-3-5-10(11)18/h3-7,9H,1-2H3,(H,20,22)(H,24,25). The first-order chi connectivity index (χ1) is 12.3. The van der Waals surface area contributed by atoms with Crippen LogP contribution in [0.2, 0.25) is 5.02 Å². The van der Waals surface area contributed by atoms with Gasteiger partial charge in [-0.25, -0.2) is 9.78 Å². The molecule has 0 saturated heterocycles. The minimum Gasteiger partial charge on any atom is -0.477 e. The third-order valence-electron chi connectivity index (χ3n) is 4.00. The van der Waals surface area contributed by atoms with Crippen molar-refractivity contribution in [3.05, 3.63) is 56.4 Å². The van der Waals surface area contributed by atoms with Crippen molar-refractivity contribution >= 4 is 50.7 Å². The number of fused-ring (bicyclic) bond motifs is 1. The number of para-hydroxylation sites is 1. The number of nitrogens with zero attached hydrogens (tertiary/aromatic N) is 2. The van der Waals surface area contributed by atoms with E-state index in [-0.39, 0.29) is 10.3 Å². The molecule has 0 aliphatic rings. The molecule has 1 unspecified atom stereocenters. The predicted octanol–water partition coefficient (Wildman–Crippen LogP) is 3.32. The zero-order valence-corrected chi connectivity index (χ0v) is 15.4. The van der Waals surface area contributed by atoms with Crippen molar-refractivity contribution in [3.63, 3.8) is 0 Å². The van der Waals surface area contributed by atoms with Crippen LogP contribution in [0.5, 0.6) is 0 Å². The Kier molecular flexibility index (Phi) is 4.80. The Balaban J connectivity index is 1.99. The molecule has 1 aromatic carbocycles. The molecule has 0 bridgehead atoms. The summed E-state index contributed by atoms with van der Waals surface area (Å²) < 4.78 is 1.18. The van der Waals surface area contributed by atoms with Crippen molar-refractivity contribution in [2.24, 2.45) is 0 Å². The van der Waals surface area contributed by atoms with Gasteiger partial charge in [0.25, 0.3) is 5.56 Å². The highest BCUT2D eigenvalue weighted by Crippen LogP contribution is 2.27. The van der Waals surface area contributed by atoms with Crippen LogP contribution in [0, 0.1) is 6.92 Å². The van der Waals surface area contributed by atoms with Gasteiger partial charge in [-0.1, -0.05) is 23.7 Å². The number of carbonyl (C=O) groups excluding carboxylic acids is 1. The van der Waals surface area contributed by atoms with Gasteiger partial charge >= 0.3 is 5.97 Å². The maximum atomic E-state index is 12.8. The average molecular weight is 392 g/mol. The summed E-state index contributed by atoms with van der Waals surface area (Å²) in [5.74, 6) is -1.55. The number of hydrogen-bond donors (Lipinski definition) is 2. The molecule has 134 valence electrons. The van der Waals surface area contributed by atoms with Crippen LogP contribution in [-0.4, -0.2) is 26.5 Å². The van der Waals surface area contributed by atoms with Crippen LogP contribution in [0.4, 0.5) is 5.69 Å². The minimum absolute atomic E-state index is 0.0653. The zero-order valence-electron chi connectivity index (χ0n) is 13.8. The van der Waals surface area contributed by atoms with Crippen LogP contribution in [-0.2, 0) is 4.79 Å². The van der Waals surface area contributed by atoms with Gasteiger partial charge in [0, 0.05) is 0 Å². The fourth-order valence-electron chi connectivity index (χ4n) is 2.54. The summed E-state index contributed by atoms with van der Waals surface area (Å²) in [7, 11) is 0. The number of nitrogens with one attached hydrogen (secondary N) is 1. The van der Waals surface area contributed by atoms with Gasteiger partial charge in [0.1, 0.15) is 15.7 Å². The third kappa shape index (κ3) is 3.09. The Labute approximate surface area is 156 Å². The summed E-state index contributed by atoms with van der Waals surface area (Å²) in [6.45, 7) is 3.12. The van der Waals surface area contributed by atoms with E-state index >= 15 is 0 Å². The normalized spacial score (nSPS) is 12.1. The van der Waals surface area contributed by atoms with E-state index in [1.165, 1.54) is 10.9 Å². The van der Waals surface area contributed by atoms with Gasteiger partial charge in [0.15, 0.2) is 0 Å². The summed E-state index contributed by atoms with van der Waals surface area (Å²) >= 11 is 6.97. The largest absolute Gasteiger partial charge is 0.477 e. The quantitative estimate of drug-likeness (QED) is 0.710. The summed E-state index contributed by atoms with van der Waals surface area (Å²) in [4.78, 5) is 41.1. The first kappa shape index (κ1) is 18.1. The molecular weight excluding hydrogens is 378 g/mol. The maximum absolute atomic E-state index is 12.8. The number of rotatable bonds is 4. The molecule has 0 saturated carbocycles. The summed E-state index contributed by atoms with van der Waals surface area (Å²) in [6, 6.07) is 5.91. The van der Waals surface area contributed by atoms with Crippen molar-refractivity contribution in [1.82, 2.24) is 9.55 Å². The molecular formula is C17H14ClN3O4S. The number of hydrogen-bond acceptors (Lipinski definition) is 5. The Morgan fingerprint density at radius 3 is 2.69 bits per heavy atom. The highest BCUT2D eigenvalue weighted by Gasteiger charge is 2.22. The number of aromatic carboxylic acids is 1. The topological polar surface area (TPSA) is 101 Å². The molecule has 1 atom stereocenters. The second-order valence-electron chi connectivity index (χ2n) is 5.64. The number of benzene rings is 1. The van der Waals surface area contributed by atoms with E-state index in [0.29, 0.717) is 21.1 Å². The van der Waals surface area contributed by atoms with Gasteiger partial charge in [0.05, 0.1) is 22.4 Å². The lowest BCUT2D eigenvalue weighted by Gasteiger charge is -2.15. The van der Waals surface area contributed by atoms with Crippen molar-refractivity contribution in [3.8, 4) is 0 Å². The number of aromatic nitrogens is 2. The van der Waals surface area contributed by atoms with Gasteiger partial charge in [-0.15, -0.1) is 11.3 Å². The number of carboxylic acids is 1. The zero-order chi connectivity index (χ0) is 19.0. The lowest BCUT2D eigenvalue weighted by molar-refractivity contribution is -0.118. The molecule has 26 heavy (non-hydrogen) atoms. The second-order valence-corrected chi connectivity index (χ2v) is 7.05. The lowest BCUT2D eigenvalue weighted by atomic mass is 10.2. The molecule has 3 rings (SSSR count). The van der Waals surface area contributed by atoms with Crippen molar-refractivity contribution in [2.45, 2.75) is 19.9 Å². The SMILES string of the molecule is Cc1c(C(=O)O)sc2ncn(C(C)C(=O)Nc3ccccc3Cl)c(=O)c12. The number of halogens is 1. The highest BCUT2D eigenvalue weighted by molar-refractivity contribution is 7.20. The van der Waals surface area contributed by atoms with Crippen LogP contribution < -0.4 is 10.9 Å². The van der Waals surface area contributed by atoms with Crippen molar-refractivity contribution < 1.29 is 14.7 Å². The molecule has 2 N–H and O–H groups in total. The number of carboxylic acid groups (broad SMARTS) is 1. The summed E-state index contributed by atoms with van der Waals surface area (Å²) in [6.07, 6.45) is 1.25. The van der Waals surface area contributed by atoms with Gasteiger partial charge in [-0.05, 0) is 31.5 Å². The van der Waals surface area contributed by atoms with E-state index in [9.17, 15) is 19.5 Å². The molecule has 2 aromatic heterocycles. The number of carbonyl (C=O) groups is 2. The molecule has 0 radical (unpaired) electrons. The molecule has 1 amide bonds. The molecule has 9 heteroatoms. The van der Waals surface area contributed by atoms with Gasteiger partial charge < -0.3 is 10.4 Å². The Morgan fingerprint density at radius 2 is 2.04 bits per heavy atom. The maximum Gasteiger partial charge on any atom is 0.346 e. The molecule has 0 spiro atoms. The van der Waals surface area contributed by atoms with Crippen molar-refractivity contribution in [1.29, 1.82) is 0 Å². The fraction of sp³-hybridized carbons (Fsp3) is 0.176. The van der Waals surface area contributed by atoms with E-state index < -0.39 is 23.5 Å². The number of aryl methyl sites for hydroxylation is 1. The number of anilines is 1. The number of amides is 1. The Hall–Kier alpha value is -2.71. The predicted molar refractivity (Wildman–Crippen MR) is 100 cm³/mol. The summed E-state index contributed by atoms with van der Waals surface area (Å²) in [5, 5.41) is 12.5. The lowest BCUT2D eigenvalue weighted by Crippen LogP contribution is -2.31. The van der Waals surface area contributed by atoms with Crippen LogP contribution in [0.3, 0.4) is 0 Å². The second kappa shape index (κ2) is 6.89. The smallest absolute Gasteiger partial charge is 0.346 e. The summed E-state index contributed by atoms with van der Waals surface area (Å²) in [5.41, 5.74) is 0.328. The van der Waals surface area contributed by atoms with Crippen LogP contribution in [0.1, 0.15) is 28.2 Å².